The van der Waals surface area contributed by atoms with E-state index in [-0.39, 0.29) is 34.8 Å². The number of esters is 1. The second-order valence-corrected chi connectivity index (χ2v) is 6.98. The number of hydrogen-bond donors (Lipinski definition) is 1. The maximum atomic E-state index is 12.5. The lowest BCUT2D eigenvalue weighted by atomic mass is 9.57. The van der Waals surface area contributed by atoms with Gasteiger partial charge in [-0.05, 0) is 25.0 Å². The van der Waals surface area contributed by atoms with Gasteiger partial charge in [0.15, 0.2) is 0 Å². The molecule has 3 atom stereocenters. The lowest BCUT2D eigenvalue weighted by molar-refractivity contribution is -0.384. The lowest BCUT2D eigenvalue weighted by Gasteiger charge is -2.58. The minimum atomic E-state index is -0.525. The maximum Gasteiger partial charge on any atom is 0.338 e. The summed E-state index contributed by atoms with van der Waals surface area (Å²) < 4.78 is 11.5. The van der Waals surface area contributed by atoms with Crippen LogP contribution in [0.3, 0.4) is 0 Å². The van der Waals surface area contributed by atoms with Crippen LogP contribution in [0.25, 0.3) is 0 Å². The summed E-state index contributed by atoms with van der Waals surface area (Å²) in [6, 6.07) is 4.32. The minimum absolute atomic E-state index is 0.116. The molecular weight excluding hydrogens is 312 g/mol. The van der Waals surface area contributed by atoms with Crippen molar-refractivity contribution in [2.24, 2.45) is 11.3 Å². The van der Waals surface area contributed by atoms with E-state index < -0.39 is 10.9 Å². The molecule has 1 saturated heterocycles. The number of rotatable bonds is 4. The van der Waals surface area contributed by atoms with Crippen molar-refractivity contribution in [3.05, 3.63) is 33.9 Å². The number of ether oxygens (including phenoxy) is 2. The summed E-state index contributed by atoms with van der Waals surface area (Å²) in [6.45, 7) is 4.82. The van der Waals surface area contributed by atoms with Gasteiger partial charge in [0.05, 0.1) is 16.6 Å². The largest absolute Gasteiger partial charge is 0.458 e. The van der Waals surface area contributed by atoms with Gasteiger partial charge in [0.2, 0.25) is 0 Å². The molecule has 1 N–H and O–H groups in total. The summed E-state index contributed by atoms with van der Waals surface area (Å²) >= 11 is 0. The average Bonchev–Trinajstić information content (AvgIpc) is 2.58. The zero-order chi connectivity index (χ0) is 17.5. The molecule has 0 amide bonds. The number of nitrogens with one attached hydrogen (secondary N) is 1. The first-order valence-corrected chi connectivity index (χ1v) is 8.15. The number of anilines is 1. The van der Waals surface area contributed by atoms with E-state index in [0.717, 1.165) is 19.4 Å². The maximum absolute atomic E-state index is 12.5. The van der Waals surface area contributed by atoms with Gasteiger partial charge in [-0.1, -0.05) is 13.8 Å². The number of hydrogen-bond acceptors (Lipinski definition) is 6. The van der Waals surface area contributed by atoms with Crippen LogP contribution in [-0.4, -0.2) is 36.8 Å². The quantitative estimate of drug-likeness (QED) is 0.517. The third-order valence-electron chi connectivity index (χ3n) is 5.16. The van der Waals surface area contributed by atoms with Gasteiger partial charge in [-0.25, -0.2) is 4.79 Å². The molecule has 1 saturated carbocycles. The minimum Gasteiger partial charge on any atom is -0.458 e. The van der Waals surface area contributed by atoms with Crippen LogP contribution >= 0.6 is 0 Å². The standard InChI is InChI=1S/C17H22N2O5/c1-17(2)14-11(5-4-8-23-14)15(17)24-16(20)10-6-7-12(18-3)13(9-10)19(21)22/h6-7,9,11,14-15,18H,4-5,8H2,1-3H3/t11-,14-,15+/m0/s1. The van der Waals surface area contributed by atoms with Gasteiger partial charge in [-0.2, -0.15) is 0 Å². The number of fused-ring (bicyclic) bond motifs is 1. The van der Waals surface area contributed by atoms with Crippen molar-refractivity contribution in [3.63, 3.8) is 0 Å². The lowest BCUT2D eigenvalue weighted by Crippen LogP contribution is -2.65. The molecule has 1 aromatic carbocycles. The summed E-state index contributed by atoms with van der Waals surface area (Å²) in [6.07, 6.45) is 1.83. The average molecular weight is 334 g/mol. The molecule has 1 aliphatic heterocycles. The van der Waals surface area contributed by atoms with E-state index in [0.29, 0.717) is 5.69 Å². The molecule has 1 aliphatic carbocycles. The van der Waals surface area contributed by atoms with E-state index in [9.17, 15) is 14.9 Å². The smallest absolute Gasteiger partial charge is 0.338 e. The van der Waals surface area contributed by atoms with Gasteiger partial charge in [0.1, 0.15) is 11.8 Å². The van der Waals surface area contributed by atoms with Crippen LogP contribution in [-0.2, 0) is 9.47 Å². The molecule has 0 radical (unpaired) electrons. The molecule has 1 aromatic rings. The number of nitro groups is 1. The Hall–Kier alpha value is -2.15. The summed E-state index contributed by atoms with van der Waals surface area (Å²) in [4.78, 5) is 23.1. The van der Waals surface area contributed by atoms with Gasteiger partial charge in [0, 0.05) is 31.1 Å². The summed E-state index contributed by atoms with van der Waals surface area (Å²) in [5.74, 6) is -0.313. The van der Waals surface area contributed by atoms with Gasteiger partial charge in [-0.15, -0.1) is 0 Å². The van der Waals surface area contributed by atoms with Crippen molar-refractivity contribution in [2.45, 2.75) is 38.9 Å². The molecule has 0 bridgehead atoms. The van der Waals surface area contributed by atoms with Crippen LogP contribution in [0.4, 0.5) is 11.4 Å². The predicted molar refractivity (Wildman–Crippen MR) is 88.1 cm³/mol. The highest BCUT2D eigenvalue weighted by Crippen LogP contribution is 2.53. The first-order valence-electron chi connectivity index (χ1n) is 8.15. The number of carbonyl (C=O) groups is 1. The highest BCUT2D eigenvalue weighted by atomic mass is 16.6. The Labute approximate surface area is 140 Å². The molecular formula is C17H22N2O5. The zero-order valence-electron chi connectivity index (χ0n) is 14.1. The molecule has 7 heteroatoms. The van der Waals surface area contributed by atoms with Crippen LogP contribution in [0.2, 0.25) is 0 Å². The van der Waals surface area contributed by atoms with Crippen molar-refractivity contribution in [1.82, 2.24) is 0 Å². The van der Waals surface area contributed by atoms with Crippen molar-refractivity contribution in [3.8, 4) is 0 Å². The van der Waals surface area contributed by atoms with Gasteiger partial charge >= 0.3 is 5.97 Å². The molecule has 2 fully saturated rings. The fourth-order valence-corrected chi connectivity index (χ4v) is 3.92. The Balaban J connectivity index is 1.78. The Kier molecular flexibility index (Phi) is 4.21. The molecule has 3 rings (SSSR count). The van der Waals surface area contributed by atoms with Gasteiger partial charge in [0.25, 0.3) is 5.69 Å². The fourth-order valence-electron chi connectivity index (χ4n) is 3.92. The number of benzene rings is 1. The molecule has 2 aliphatic rings. The molecule has 7 nitrogen and oxygen atoms in total. The van der Waals surface area contributed by atoms with E-state index in [1.807, 2.05) is 13.8 Å². The molecule has 0 unspecified atom stereocenters. The normalized spacial score (nSPS) is 27.5. The van der Waals surface area contributed by atoms with E-state index >= 15 is 0 Å². The summed E-state index contributed by atoms with van der Waals surface area (Å²) in [7, 11) is 1.60. The second-order valence-electron chi connectivity index (χ2n) is 6.98. The topological polar surface area (TPSA) is 90.7 Å². The van der Waals surface area contributed by atoms with Crippen LogP contribution < -0.4 is 5.32 Å². The third-order valence-corrected chi connectivity index (χ3v) is 5.16. The SMILES string of the molecule is CNc1ccc(C(=O)O[C@@H]2[C@H]3CCCO[C@@H]3C2(C)C)cc1[N+](=O)[O-]. The van der Waals surface area contributed by atoms with E-state index in [1.165, 1.54) is 12.1 Å². The monoisotopic (exact) mass is 334 g/mol. The van der Waals surface area contributed by atoms with E-state index in [2.05, 4.69) is 5.32 Å². The highest BCUT2D eigenvalue weighted by molar-refractivity contribution is 5.91. The van der Waals surface area contributed by atoms with Gasteiger partial charge < -0.3 is 14.8 Å². The summed E-state index contributed by atoms with van der Waals surface area (Å²) in [5, 5.41) is 13.9. The number of carbonyl (C=O) groups excluding carboxylic acids is 1. The van der Waals surface area contributed by atoms with Crippen LogP contribution in [0.5, 0.6) is 0 Å². The molecule has 0 aromatic heterocycles. The summed E-state index contributed by atoms with van der Waals surface area (Å²) in [5.41, 5.74) is 0.175. The Morgan fingerprint density at radius 3 is 2.88 bits per heavy atom. The Morgan fingerprint density at radius 2 is 2.21 bits per heavy atom. The predicted octanol–water partition coefficient (Wildman–Crippen LogP) is 3.00. The van der Waals surface area contributed by atoms with Crippen molar-refractivity contribution >= 4 is 17.3 Å². The Morgan fingerprint density at radius 1 is 1.46 bits per heavy atom. The number of nitro benzene ring substituents is 1. The zero-order valence-corrected chi connectivity index (χ0v) is 14.1. The van der Waals surface area contributed by atoms with Crippen molar-refractivity contribution in [1.29, 1.82) is 0 Å². The molecule has 1 heterocycles. The van der Waals surface area contributed by atoms with E-state index in [4.69, 9.17) is 9.47 Å². The van der Waals surface area contributed by atoms with Crippen LogP contribution in [0.1, 0.15) is 37.0 Å². The van der Waals surface area contributed by atoms with E-state index in [1.54, 1.807) is 13.1 Å². The van der Waals surface area contributed by atoms with Crippen LogP contribution in [0.15, 0.2) is 18.2 Å². The molecule has 130 valence electrons. The Bertz CT molecular complexity index is 673. The van der Waals surface area contributed by atoms with Crippen molar-refractivity contribution < 1.29 is 19.2 Å². The third kappa shape index (κ3) is 2.62. The molecule has 0 spiro atoms. The van der Waals surface area contributed by atoms with Crippen molar-refractivity contribution in [2.75, 3.05) is 19.0 Å². The van der Waals surface area contributed by atoms with Gasteiger partial charge in [-0.3, -0.25) is 10.1 Å². The number of nitrogens with zero attached hydrogens (tertiary/aromatic N) is 1. The first-order chi connectivity index (χ1) is 11.4. The second kappa shape index (κ2) is 6.05. The highest BCUT2D eigenvalue weighted by Gasteiger charge is 2.60. The fraction of sp³-hybridized carbons (Fsp3) is 0.588. The van der Waals surface area contributed by atoms with Crippen LogP contribution in [0, 0.1) is 21.4 Å². The first kappa shape index (κ1) is 16.7. The molecule has 24 heavy (non-hydrogen) atoms.